The first kappa shape index (κ1) is 14.1. The first-order chi connectivity index (χ1) is 10.2. The fourth-order valence-corrected chi connectivity index (χ4v) is 2.93. The van der Waals surface area contributed by atoms with Crippen molar-refractivity contribution in [3.05, 3.63) is 17.8 Å². The highest BCUT2D eigenvalue weighted by Crippen LogP contribution is 2.26. The van der Waals surface area contributed by atoms with Crippen LogP contribution in [0.25, 0.3) is 0 Å². The third-order valence-corrected chi connectivity index (χ3v) is 4.13. The molecular formula is C15H22N4O2. The van der Waals surface area contributed by atoms with Crippen LogP contribution >= 0.6 is 0 Å². The van der Waals surface area contributed by atoms with E-state index in [1.807, 2.05) is 0 Å². The summed E-state index contributed by atoms with van der Waals surface area (Å²) < 4.78 is 5.94. The van der Waals surface area contributed by atoms with Crippen LogP contribution in [0.4, 0.5) is 5.82 Å². The fraction of sp³-hybridized carbons (Fsp3) is 0.600. The SMILES string of the molecule is NC(=O)c1cc(N2CCCC2)ncc1OC1CCNCC1. The molecule has 3 heterocycles. The summed E-state index contributed by atoms with van der Waals surface area (Å²) in [6.45, 7) is 3.85. The van der Waals surface area contributed by atoms with Gasteiger partial charge in [0.15, 0.2) is 5.75 Å². The number of hydrogen-bond acceptors (Lipinski definition) is 5. The summed E-state index contributed by atoms with van der Waals surface area (Å²) in [5, 5.41) is 3.29. The van der Waals surface area contributed by atoms with Crippen molar-refractivity contribution in [1.29, 1.82) is 0 Å². The van der Waals surface area contributed by atoms with Crippen molar-refractivity contribution in [1.82, 2.24) is 10.3 Å². The number of aromatic nitrogens is 1. The fourth-order valence-electron chi connectivity index (χ4n) is 2.93. The molecule has 0 radical (unpaired) electrons. The van der Waals surface area contributed by atoms with Gasteiger partial charge in [0.25, 0.3) is 5.91 Å². The van der Waals surface area contributed by atoms with Gasteiger partial charge in [-0.1, -0.05) is 0 Å². The molecular weight excluding hydrogens is 268 g/mol. The van der Waals surface area contributed by atoms with Gasteiger partial charge in [0.2, 0.25) is 0 Å². The molecule has 0 saturated carbocycles. The summed E-state index contributed by atoms with van der Waals surface area (Å²) in [4.78, 5) is 18.3. The van der Waals surface area contributed by atoms with Crippen molar-refractivity contribution in [3.63, 3.8) is 0 Å². The second kappa shape index (κ2) is 6.30. The molecule has 2 saturated heterocycles. The Bertz CT molecular complexity index is 508. The molecule has 0 aromatic carbocycles. The molecule has 0 unspecified atom stereocenters. The van der Waals surface area contributed by atoms with E-state index in [9.17, 15) is 4.79 Å². The van der Waals surface area contributed by atoms with E-state index in [0.717, 1.165) is 44.8 Å². The van der Waals surface area contributed by atoms with Crippen LogP contribution in [0, 0.1) is 0 Å². The summed E-state index contributed by atoms with van der Waals surface area (Å²) in [6, 6.07) is 1.77. The van der Waals surface area contributed by atoms with Crippen molar-refractivity contribution in [2.45, 2.75) is 31.8 Å². The van der Waals surface area contributed by atoms with Gasteiger partial charge in [0, 0.05) is 13.1 Å². The van der Waals surface area contributed by atoms with Gasteiger partial charge in [-0.3, -0.25) is 4.79 Å². The number of anilines is 1. The molecule has 2 aliphatic heterocycles. The highest BCUT2D eigenvalue weighted by Gasteiger charge is 2.21. The number of nitrogens with zero attached hydrogens (tertiary/aromatic N) is 2. The second-order valence-electron chi connectivity index (χ2n) is 5.66. The normalized spacial score (nSPS) is 19.7. The minimum absolute atomic E-state index is 0.129. The highest BCUT2D eigenvalue weighted by atomic mass is 16.5. The van der Waals surface area contributed by atoms with Crippen LogP contribution in [0.15, 0.2) is 12.3 Å². The maximum absolute atomic E-state index is 11.7. The minimum Gasteiger partial charge on any atom is -0.488 e. The smallest absolute Gasteiger partial charge is 0.252 e. The lowest BCUT2D eigenvalue weighted by Crippen LogP contribution is -2.34. The molecule has 0 bridgehead atoms. The Morgan fingerprint density at radius 2 is 2.05 bits per heavy atom. The summed E-state index contributed by atoms with van der Waals surface area (Å²) in [5.41, 5.74) is 5.95. The molecule has 6 heteroatoms. The summed E-state index contributed by atoms with van der Waals surface area (Å²) in [5.74, 6) is 0.873. The number of nitrogens with two attached hydrogens (primary N) is 1. The van der Waals surface area contributed by atoms with Crippen LogP contribution in [-0.4, -0.2) is 43.2 Å². The van der Waals surface area contributed by atoms with Crippen LogP contribution in [0.2, 0.25) is 0 Å². The molecule has 0 aliphatic carbocycles. The molecule has 6 nitrogen and oxygen atoms in total. The number of amides is 1. The van der Waals surface area contributed by atoms with E-state index in [4.69, 9.17) is 10.5 Å². The standard InChI is InChI=1S/C15H22N4O2/c16-15(20)12-9-14(19-7-1-2-8-19)18-10-13(12)21-11-3-5-17-6-4-11/h9-11,17H,1-8H2,(H2,16,20). The zero-order chi connectivity index (χ0) is 14.7. The molecule has 1 amide bonds. The van der Waals surface area contributed by atoms with Crippen molar-refractivity contribution in [3.8, 4) is 5.75 Å². The Morgan fingerprint density at radius 1 is 1.33 bits per heavy atom. The van der Waals surface area contributed by atoms with E-state index < -0.39 is 5.91 Å². The number of carbonyl (C=O) groups is 1. The lowest BCUT2D eigenvalue weighted by molar-refractivity contribution is 0.0989. The van der Waals surface area contributed by atoms with Crippen LogP contribution < -0.4 is 20.7 Å². The van der Waals surface area contributed by atoms with Gasteiger partial charge < -0.3 is 20.7 Å². The molecule has 2 aliphatic rings. The Labute approximate surface area is 124 Å². The van der Waals surface area contributed by atoms with Gasteiger partial charge in [-0.2, -0.15) is 0 Å². The van der Waals surface area contributed by atoms with E-state index in [1.165, 1.54) is 12.8 Å². The van der Waals surface area contributed by atoms with Crippen molar-refractivity contribution in [2.24, 2.45) is 5.73 Å². The summed E-state index contributed by atoms with van der Waals surface area (Å²) in [7, 11) is 0. The first-order valence-electron chi connectivity index (χ1n) is 7.66. The maximum Gasteiger partial charge on any atom is 0.252 e. The number of ether oxygens (including phenoxy) is 1. The Hall–Kier alpha value is -1.82. The Balaban J connectivity index is 1.80. The van der Waals surface area contributed by atoms with Crippen LogP contribution in [0.3, 0.4) is 0 Å². The quantitative estimate of drug-likeness (QED) is 0.861. The minimum atomic E-state index is -0.457. The molecule has 21 heavy (non-hydrogen) atoms. The predicted octanol–water partition coefficient (Wildman–Crippen LogP) is 0.911. The van der Waals surface area contributed by atoms with E-state index in [2.05, 4.69) is 15.2 Å². The van der Waals surface area contributed by atoms with Gasteiger partial charge in [-0.25, -0.2) is 4.98 Å². The zero-order valence-electron chi connectivity index (χ0n) is 12.2. The third kappa shape index (κ3) is 3.26. The Kier molecular flexibility index (Phi) is 4.24. The molecule has 2 fully saturated rings. The van der Waals surface area contributed by atoms with Gasteiger partial charge >= 0.3 is 0 Å². The monoisotopic (exact) mass is 290 g/mol. The van der Waals surface area contributed by atoms with Crippen LogP contribution in [0.5, 0.6) is 5.75 Å². The van der Waals surface area contributed by atoms with Gasteiger partial charge in [-0.15, -0.1) is 0 Å². The molecule has 1 aromatic heterocycles. The number of rotatable bonds is 4. The van der Waals surface area contributed by atoms with Crippen molar-refractivity contribution in [2.75, 3.05) is 31.1 Å². The average molecular weight is 290 g/mol. The molecule has 3 N–H and O–H groups in total. The van der Waals surface area contributed by atoms with Gasteiger partial charge in [-0.05, 0) is 44.8 Å². The number of pyridine rings is 1. The molecule has 3 rings (SSSR count). The van der Waals surface area contributed by atoms with Crippen molar-refractivity contribution < 1.29 is 9.53 Å². The number of primary amides is 1. The molecule has 0 spiro atoms. The number of nitrogens with one attached hydrogen (secondary N) is 1. The topological polar surface area (TPSA) is 80.5 Å². The van der Waals surface area contributed by atoms with Gasteiger partial charge in [0.05, 0.1) is 11.8 Å². The highest BCUT2D eigenvalue weighted by molar-refractivity contribution is 5.96. The van der Waals surface area contributed by atoms with E-state index in [0.29, 0.717) is 11.3 Å². The molecule has 114 valence electrons. The summed E-state index contributed by atoms with van der Waals surface area (Å²) in [6.07, 6.45) is 5.99. The van der Waals surface area contributed by atoms with Crippen molar-refractivity contribution >= 4 is 11.7 Å². The largest absolute Gasteiger partial charge is 0.488 e. The number of hydrogen-bond donors (Lipinski definition) is 2. The second-order valence-corrected chi connectivity index (χ2v) is 5.66. The first-order valence-corrected chi connectivity index (χ1v) is 7.66. The maximum atomic E-state index is 11.7. The number of piperidine rings is 1. The lowest BCUT2D eigenvalue weighted by atomic mass is 10.1. The zero-order valence-corrected chi connectivity index (χ0v) is 12.2. The Morgan fingerprint density at radius 3 is 2.71 bits per heavy atom. The third-order valence-electron chi connectivity index (χ3n) is 4.13. The van der Waals surface area contributed by atoms with Crippen LogP contribution in [-0.2, 0) is 0 Å². The van der Waals surface area contributed by atoms with E-state index >= 15 is 0 Å². The van der Waals surface area contributed by atoms with E-state index in [-0.39, 0.29) is 6.10 Å². The van der Waals surface area contributed by atoms with Gasteiger partial charge in [0.1, 0.15) is 11.9 Å². The lowest BCUT2D eigenvalue weighted by Gasteiger charge is -2.25. The summed E-state index contributed by atoms with van der Waals surface area (Å²) >= 11 is 0. The average Bonchev–Trinajstić information content (AvgIpc) is 3.03. The van der Waals surface area contributed by atoms with E-state index in [1.54, 1.807) is 12.3 Å². The molecule has 0 atom stereocenters. The van der Waals surface area contributed by atoms with Crippen LogP contribution in [0.1, 0.15) is 36.0 Å². The number of carbonyl (C=O) groups excluding carboxylic acids is 1. The molecule has 1 aromatic rings. The predicted molar refractivity (Wildman–Crippen MR) is 80.7 cm³/mol.